The predicted molar refractivity (Wildman–Crippen MR) is 77.8 cm³/mol. The van der Waals surface area contributed by atoms with Gasteiger partial charge in [0, 0.05) is 17.9 Å². The van der Waals surface area contributed by atoms with Crippen LogP contribution in [0, 0.1) is 0 Å². The Morgan fingerprint density at radius 2 is 1.86 bits per heavy atom. The summed E-state index contributed by atoms with van der Waals surface area (Å²) in [7, 11) is 0. The van der Waals surface area contributed by atoms with Crippen LogP contribution in [0.5, 0.6) is 11.5 Å². The van der Waals surface area contributed by atoms with Gasteiger partial charge in [-0.15, -0.1) is 0 Å². The number of aliphatic hydroxyl groups is 1. The zero-order valence-electron chi connectivity index (χ0n) is 11.3. The number of carbonyl (C=O) groups excluding carboxylic acids is 1. The highest BCUT2D eigenvalue weighted by Crippen LogP contribution is 2.32. The molecule has 0 radical (unpaired) electrons. The first kappa shape index (κ1) is 13.5. The van der Waals surface area contributed by atoms with Crippen molar-refractivity contribution in [1.29, 1.82) is 0 Å². The molecule has 0 atom stereocenters. The molecule has 0 bridgehead atoms. The Bertz CT molecular complexity index is 652. The molecule has 2 N–H and O–H groups in total. The topological polar surface area (TPSA) is 67.8 Å². The number of amides is 1. The number of fused-ring (bicyclic) bond motifs is 1. The zero-order chi connectivity index (χ0) is 14.7. The SMILES string of the molecule is O=C(Nc1ccc(CCO)cc1)c1ccc2c(c1)OCO2. The van der Waals surface area contributed by atoms with Crippen LogP contribution in [0.2, 0.25) is 0 Å². The van der Waals surface area contributed by atoms with Crippen LogP contribution >= 0.6 is 0 Å². The third kappa shape index (κ3) is 2.98. The number of nitrogens with one attached hydrogen (secondary N) is 1. The molecule has 0 aromatic heterocycles. The third-order valence-electron chi connectivity index (χ3n) is 3.25. The highest BCUT2D eigenvalue weighted by atomic mass is 16.7. The van der Waals surface area contributed by atoms with E-state index >= 15 is 0 Å². The van der Waals surface area contributed by atoms with Crippen LogP contribution in [-0.2, 0) is 6.42 Å². The van der Waals surface area contributed by atoms with E-state index in [4.69, 9.17) is 14.6 Å². The van der Waals surface area contributed by atoms with Gasteiger partial charge in [-0.05, 0) is 42.3 Å². The fourth-order valence-electron chi connectivity index (χ4n) is 2.12. The molecule has 1 aliphatic heterocycles. The number of carbonyl (C=O) groups is 1. The summed E-state index contributed by atoms with van der Waals surface area (Å²) < 4.78 is 10.5. The summed E-state index contributed by atoms with van der Waals surface area (Å²) in [5, 5.41) is 11.7. The van der Waals surface area contributed by atoms with Crippen molar-refractivity contribution in [3.63, 3.8) is 0 Å². The Balaban J connectivity index is 1.71. The summed E-state index contributed by atoms with van der Waals surface area (Å²) in [4.78, 5) is 12.2. The Hall–Kier alpha value is -2.53. The van der Waals surface area contributed by atoms with Gasteiger partial charge >= 0.3 is 0 Å². The normalized spacial score (nSPS) is 12.2. The lowest BCUT2D eigenvalue weighted by Gasteiger charge is -2.07. The molecule has 0 aliphatic carbocycles. The van der Waals surface area contributed by atoms with Crippen LogP contribution in [0.4, 0.5) is 5.69 Å². The third-order valence-corrected chi connectivity index (χ3v) is 3.25. The van der Waals surface area contributed by atoms with Crippen LogP contribution < -0.4 is 14.8 Å². The number of ether oxygens (including phenoxy) is 2. The second-order valence-corrected chi connectivity index (χ2v) is 4.69. The smallest absolute Gasteiger partial charge is 0.255 e. The van der Waals surface area contributed by atoms with Crippen LogP contribution in [0.15, 0.2) is 42.5 Å². The van der Waals surface area contributed by atoms with Crippen molar-refractivity contribution in [2.45, 2.75) is 6.42 Å². The molecule has 0 fully saturated rings. The van der Waals surface area contributed by atoms with E-state index in [2.05, 4.69) is 5.32 Å². The van der Waals surface area contributed by atoms with Gasteiger partial charge in [-0.1, -0.05) is 12.1 Å². The van der Waals surface area contributed by atoms with Gasteiger partial charge in [0.25, 0.3) is 5.91 Å². The second-order valence-electron chi connectivity index (χ2n) is 4.69. The first-order valence-electron chi connectivity index (χ1n) is 6.67. The van der Waals surface area contributed by atoms with Crippen LogP contribution in [0.1, 0.15) is 15.9 Å². The van der Waals surface area contributed by atoms with Crippen molar-refractivity contribution in [1.82, 2.24) is 0 Å². The Labute approximate surface area is 122 Å². The monoisotopic (exact) mass is 285 g/mol. The molecular formula is C16H15NO4. The summed E-state index contributed by atoms with van der Waals surface area (Å²) >= 11 is 0. The Morgan fingerprint density at radius 3 is 2.62 bits per heavy atom. The van der Waals surface area contributed by atoms with E-state index in [-0.39, 0.29) is 19.3 Å². The average Bonchev–Trinajstić information content (AvgIpc) is 2.97. The molecule has 1 heterocycles. The van der Waals surface area contributed by atoms with Crippen molar-refractivity contribution >= 4 is 11.6 Å². The summed E-state index contributed by atoms with van der Waals surface area (Å²) in [5.41, 5.74) is 2.25. The van der Waals surface area contributed by atoms with Gasteiger partial charge in [-0.25, -0.2) is 0 Å². The quantitative estimate of drug-likeness (QED) is 0.903. The van der Waals surface area contributed by atoms with Gasteiger partial charge in [0.2, 0.25) is 6.79 Å². The predicted octanol–water partition coefficient (Wildman–Crippen LogP) is 2.20. The van der Waals surface area contributed by atoms with Crippen LogP contribution in [0.25, 0.3) is 0 Å². The average molecular weight is 285 g/mol. The number of aliphatic hydroxyl groups excluding tert-OH is 1. The van der Waals surface area contributed by atoms with Crippen molar-refractivity contribution in [3.05, 3.63) is 53.6 Å². The van der Waals surface area contributed by atoms with E-state index in [1.165, 1.54) is 0 Å². The van der Waals surface area contributed by atoms with E-state index in [1.807, 2.05) is 24.3 Å². The minimum atomic E-state index is -0.205. The zero-order valence-corrected chi connectivity index (χ0v) is 11.3. The fraction of sp³-hybridized carbons (Fsp3) is 0.188. The highest BCUT2D eigenvalue weighted by Gasteiger charge is 2.16. The van der Waals surface area contributed by atoms with Gasteiger partial charge < -0.3 is 19.9 Å². The molecule has 0 saturated heterocycles. The molecule has 1 aliphatic rings. The number of hydrogen-bond acceptors (Lipinski definition) is 4. The number of anilines is 1. The Kier molecular flexibility index (Phi) is 3.75. The standard InChI is InChI=1S/C16H15NO4/c18-8-7-11-1-4-13(5-2-11)17-16(19)12-3-6-14-15(9-12)21-10-20-14/h1-6,9,18H,7-8,10H2,(H,17,19). The molecule has 5 heteroatoms. The maximum atomic E-state index is 12.2. The minimum Gasteiger partial charge on any atom is -0.454 e. The van der Waals surface area contributed by atoms with E-state index < -0.39 is 0 Å². The molecule has 0 unspecified atom stereocenters. The molecule has 108 valence electrons. The molecule has 0 saturated carbocycles. The maximum absolute atomic E-state index is 12.2. The largest absolute Gasteiger partial charge is 0.454 e. The van der Waals surface area contributed by atoms with Gasteiger partial charge in [-0.2, -0.15) is 0 Å². The molecule has 0 spiro atoms. The summed E-state index contributed by atoms with van der Waals surface area (Å²) in [6.07, 6.45) is 0.608. The number of hydrogen-bond donors (Lipinski definition) is 2. The van der Waals surface area contributed by atoms with Crippen LogP contribution in [0.3, 0.4) is 0 Å². The first-order valence-corrected chi connectivity index (χ1v) is 6.67. The molecule has 2 aromatic carbocycles. The van der Waals surface area contributed by atoms with E-state index in [1.54, 1.807) is 18.2 Å². The molecule has 5 nitrogen and oxygen atoms in total. The lowest BCUT2D eigenvalue weighted by atomic mass is 10.1. The van der Waals surface area contributed by atoms with Crippen LogP contribution in [-0.4, -0.2) is 24.4 Å². The van der Waals surface area contributed by atoms with Gasteiger partial charge in [-0.3, -0.25) is 4.79 Å². The second kappa shape index (κ2) is 5.85. The highest BCUT2D eigenvalue weighted by molar-refractivity contribution is 6.04. The summed E-state index contributed by atoms with van der Waals surface area (Å²) in [5.74, 6) is 1.03. The molecular weight excluding hydrogens is 270 g/mol. The molecule has 2 aromatic rings. The lowest BCUT2D eigenvalue weighted by Crippen LogP contribution is -2.11. The Morgan fingerprint density at radius 1 is 1.10 bits per heavy atom. The minimum absolute atomic E-state index is 0.114. The lowest BCUT2D eigenvalue weighted by molar-refractivity contribution is 0.102. The van der Waals surface area contributed by atoms with Crippen molar-refractivity contribution in [2.24, 2.45) is 0 Å². The van der Waals surface area contributed by atoms with Gasteiger partial charge in [0.05, 0.1) is 0 Å². The van der Waals surface area contributed by atoms with E-state index in [0.29, 0.717) is 29.2 Å². The molecule has 21 heavy (non-hydrogen) atoms. The fourth-order valence-corrected chi connectivity index (χ4v) is 2.12. The van der Waals surface area contributed by atoms with E-state index in [0.717, 1.165) is 5.56 Å². The van der Waals surface area contributed by atoms with Gasteiger partial charge in [0.1, 0.15) is 0 Å². The molecule has 3 rings (SSSR count). The van der Waals surface area contributed by atoms with Crippen molar-refractivity contribution < 1.29 is 19.4 Å². The number of benzene rings is 2. The first-order chi connectivity index (χ1) is 10.3. The summed E-state index contributed by atoms with van der Waals surface area (Å²) in [6, 6.07) is 12.5. The van der Waals surface area contributed by atoms with E-state index in [9.17, 15) is 4.79 Å². The summed E-state index contributed by atoms with van der Waals surface area (Å²) in [6.45, 7) is 0.301. The van der Waals surface area contributed by atoms with Crippen molar-refractivity contribution in [2.75, 3.05) is 18.7 Å². The number of rotatable bonds is 4. The van der Waals surface area contributed by atoms with Gasteiger partial charge in [0.15, 0.2) is 11.5 Å². The van der Waals surface area contributed by atoms with Crippen molar-refractivity contribution in [3.8, 4) is 11.5 Å². The maximum Gasteiger partial charge on any atom is 0.255 e. The molecule has 1 amide bonds.